The van der Waals surface area contributed by atoms with E-state index in [4.69, 9.17) is 11.6 Å². The van der Waals surface area contributed by atoms with Crippen molar-refractivity contribution in [3.05, 3.63) is 34.9 Å². The van der Waals surface area contributed by atoms with Crippen molar-refractivity contribution in [1.82, 2.24) is 9.80 Å². The van der Waals surface area contributed by atoms with E-state index < -0.39 is 17.4 Å². The number of rotatable bonds is 4. The van der Waals surface area contributed by atoms with Gasteiger partial charge in [0.05, 0.1) is 0 Å². The highest BCUT2D eigenvalue weighted by molar-refractivity contribution is 6.30. The minimum atomic E-state index is -0.461. The van der Waals surface area contributed by atoms with Gasteiger partial charge in [0.1, 0.15) is 6.42 Å². The summed E-state index contributed by atoms with van der Waals surface area (Å²) in [4.78, 5) is 40.9. The second kappa shape index (κ2) is 6.62. The van der Waals surface area contributed by atoms with Crippen molar-refractivity contribution >= 4 is 29.4 Å². The zero-order valence-corrected chi connectivity index (χ0v) is 16.5. The molecule has 0 spiro atoms. The number of urea groups is 1. The van der Waals surface area contributed by atoms with Crippen molar-refractivity contribution in [2.45, 2.75) is 57.4 Å². The number of carbonyl (C=O) groups excluding carboxylic acids is 3. The molecule has 0 N–H and O–H groups in total. The Morgan fingerprint density at radius 2 is 1.89 bits per heavy atom. The molecule has 5 nitrogen and oxygen atoms in total. The summed E-state index contributed by atoms with van der Waals surface area (Å²) in [7, 11) is 0. The van der Waals surface area contributed by atoms with Gasteiger partial charge in [0.15, 0.2) is 0 Å². The number of fused-ring (bicyclic) bond motifs is 2. The van der Waals surface area contributed by atoms with Gasteiger partial charge in [-0.25, -0.2) is 4.79 Å². The Bertz CT molecular complexity index is 806. The van der Waals surface area contributed by atoms with E-state index in [0.717, 1.165) is 24.8 Å². The second-order valence-corrected chi connectivity index (χ2v) is 9.28. The van der Waals surface area contributed by atoms with Gasteiger partial charge in [-0.15, -0.1) is 0 Å². The number of halogens is 1. The van der Waals surface area contributed by atoms with E-state index >= 15 is 0 Å². The maximum atomic E-state index is 13.2. The lowest BCUT2D eigenvalue weighted by Gasteiger charge is -2.41. The fourth-order valence-electron chi connectivity index (χ4n) is 5.06. The molecule has 0 radical (unpaired) electrons. The molecular weight excluding hydrogens is 364 g/mol. The molecule has 4 rings (SSSR count). The lowest BCUT2D eigenvalue weighted by molar-refractivity contribution is -0.145. The van der Waals surface area contributed by atoms with E-state index in [1.165, 1.54) is 16.2 Å². The van der Waals surface area contributed by atoms with Gasteiger partial charge < -0.3 is 0 Å². The first kappa shape index (κ1) is 18.5. The van der Waals surface area contributed by atoms with Gasteiger partial charge in [-0.2, -0.15) is 0 Å². The largest absolute Gasteiger partial charge is 0.333 e. The minimum absolute atomic E-state index is 0.0337. The summed E-state index contributed by atoms with van der Waals surface area (Å²) < 4.78 is 0. The average Bonchev–Trinajstić information content (AvgIpc) is 3.22. The molecule has 3 atom stereocenters. The van der Waals surface area contributed by atoms with Gasteiger partial charge in [0.25, 0.3) is 0 Å². The molecule has 2 saturated carbocycles. The Labute approximate surface area is 164 Å². The average molecular weight is 389 g/mol. The van der Waals surface area contributed by atoms with Gasteiger partial charge in [-0.3, -0.25) is 19.4 Å². The first-order valence-corrected chi connectivity index (χ1v) is 10.1. The summed E-state index contributed by atoms with van der Waals surface area (Å²) in [6, 6.07) is 7.00. The number of barbiturate groups is 1. The number of imide groups is 2. The van der Waals surface area contributed by atoms with Gasteiger partial charge in [-0.1, -0.05) is 44.0 Å². The van der Waals surface area contributed by atoms with Crippen LogP contribution in [0.1, 0.15) is 51.5 Å². The van der Waals surface area contributed by atoms with Crippen molar-refractivity contribution < 1.29 is 14.4 Å². The smallest absolute Gasteiger partial charge is 0.274 e. The number of amides is 4. The monoisotopic (exact) mass is 388 g/mol. The van der Waals surface area contributed by atoms with E-state index in [9.17, 15) is 14.4 Å². The third-order valence-electron chi connectivity index (χ3n) is 6.50. The Morgan fingerprint density at radius 1 is 1.11 bits per heavy atom. The summed E-state index contributed by atoms with van der Waals surface area (Å²) in [5.41, 5.74) is 0.496. The summed E-state index contributed by atoms with van der Waals surface area (Å²) >= 11 is 6.12. The lowest BCUT2D eigenvalue weighted by atomic mass is 9.84. The van der Waals surface area contributed by atoms with Crippen LogP contribution in [0.5, 0.6) is 0 Å². The van der Waals surface area contributed by atoms with E-state index in [2.05, 4.69) is 0 Å². The minimum Gasteiger partial charge on any atom is -0.274 e. The third-order valence-corrected chi connectivity index (χ3v) is 6.74. The van der Waals surface area contributed by atoms with Gasteiger partial charge in [0.2, 0.25) is 11.8 Å². The van der Waals surface area contributed by atoms with E-state index in [-0.39, 0.29) is 24.9 Å². The molecule has 0 aromatic heterocycles. The summed E-state index contributed by atoms with van der Waals surface area (Å²) in [6.45, 7) is 4.20. The van der Waals surface area contributed by atoms with Crippen LogP contribution in [0.15, 0.2) is 24.3 Å². The fraction of sp³-hybridized carbons (Fsp3) is 0.571. The Kier molecular flexibility index (Phi) is 4.53. The molecule has 1 aromatic rings. The van der Waals surface area contributed by atoms with Crippen molar-refractivity contribution in [3.63, 3.8) is 0 Å². The predicted octanol–water partition coefficient (Wildman–Crippen LogP) is 3.99. The molecule has 1 heterocycles. The quantitative estimate of drug-likeness (QED) is 0.733. The van der Waals surface area contributed by atoms with Crippen LogP contribution >= 0.6 is 11.6 Å². The van der Waals surface area contributed by atoms with Crippen molar-refractivity contribution in [2.24, 2.45) is 11.8 Å². The molecule has 2 aliphatic carbocycles. The van der Waals surface area contributed by atoms with Crippen LogP contribution in [0.4, 0.5) is 4.79 Å². The molecule has 1 aromatic carbocycles. The topological polar surface area (TPSA) is 57.7 Å². The zero-order valence-electron chi connectivity index (χ0n) is 15.8. The van der Waals surface area contributed by atoms with E-state index in [1.807, 2.05) is 32.0 Å². The zero-order chi connectivity index (χ0) is 19.3. The van der Waals surface area contributed by atoms with Crippen LogP contribution in [0.25, 0.3) is 0 Å². The Hall–Kier alpha value is -1.88. The predicted molar refractivity (Wildman–Crippen MR) is 102 cm³/mol. The number of benzene rings is 1. The highest BCUT2D eigenvalue weighted by Gasteiger charge is 2.50. The van der Waals surface area contributed by atoms with E-state index in [0.29, 0.717) is 16.9 Å². The number of nitrogens with zero attached hydrogens (tertiary/aromatic N) is 2. The van der Waals surface area contributed by atoms with Crippen LogP contribution in [0.2, 0.25) is 5.02 Å². The first-order valence-electron chi connectivity index (χ1n) is 9.69. The Morgan fingerprint density at radius 3 is 2.52 bits per heavy atom. The fourth-order valence-corrected chi connectivity index (χ4v) is 5.25. The van der Waals surface area contributed by atoms with Crippen LogP contribution in [-0.4, -0.2) is 40.2 Å². The number of hydrogen-bond donors (Lipinski definition) is 0. The molecule has 1 aliphatic heterocycles. The Balaban J connectivity index is 1.57. The van der Waals surface area contributed by atoms with Crippen LogP contribution in [-0.2, 0) is 15.0 Å². The summed E-state index contributed by atoms with van der Waals surface area (Å²) in [6.07, 6.45) is 4.05. The van der Waals surface area contributed by atoms with E-state index in [1.54, 1.807) is 6.07 Å². The third kappa shape index (κ3) is 3.27. The van der Waals surface area contributed by atoms with Gasteiger partial charge in [-0.05, 0) is 48.8 Å². The maximum absolute atomic E-state index is 13.2. The van der Waals surface area contributed by atoms with Crippen LogP contribution < -0.4 is 0 Å². The molecule has 6 heteroatoms. The van der Waals surface area contributed by atoms with Gasteiger partial charge >= 0.3 is 6.03 Å². The standard InChI is InChI=1S/C21H25ClN2O3/c1-21(2,15-4-3-5-16(22)10-15)12-23-18(25)11-19(26)24(20(23)27)17-9-13-6-7-14(17)8-13/h3-5,10,13-14,17H,6-9,11-12H2,1-2H3. The highest BCUT2D eigenvalue weighted by atomic mass is 35.5. The van der Waals surface area contributed by atoms with Crippen molar-refractivity contribution in [1.29, 1.82) is 0 Å². The van der Waals surface area contributed by atoms with Crippen LogP contribution in [0.3, 0.4) is 0 Å². The summed E-state index contributed by atoms with van der Waals surface area (Å²) in [5.74, 6) is 0.285. The molecule has 1 saturated heterocycles. The number of hydrogen-bond acceptors (Lipinski definition) is 3. The van der Waals surface area contributed by atoms with Crippen molar-refractivity contribution in [3.8, 4) is 0 Å². The SMILES string of the molecule is CC(C)(CN1C(=O)CC(=O)N(C2CC3CCC2C3)C1=O)c1cccc(Cl)c1. The number of carbonyl (C=O) groups is 3. The molecule has 3 aliphatic rings. The molecule has 4 amide bonds. The molecule has 3 unspecified atom stereocenters. The summed E-state index contributed by atoms with van der Waals surface area (Å²) in [5, 5.41) is 0.621. The van der Waals surface area contributed by atoms with Gasteiger partial charge in [0, 0.05) is 23.0 Å². The molecule has 144 valence electrons. The molecule has 2 bridgehead atoms. The first-order chi connectivity index (χ1) is 12.8. The second-order valence-electron chi connectivity index (χ2n) is 8.84. The normalized spacial score (nSPS) is 28.4. The molecule has 27 heavy (non-hydrogen) atoms. The highest BCUT2D eigenvalue weighted by Crippen LogP contribution is 2.47. The maximum Gasteiger partial charge on any atom is 0.333 e. The van der Waals surface area contributed by atoms with Crippen molar-refractivity contribution in [2.75, 3.05) is 6.54 Å². The molecule has 3 fully saturated rings. The molecular formula is C21H25ClN2O3. The lowest BCUT2D eigenvalue weighted by Crippen LogP contribution is -2.61. The van der Waals surface area contributed by atoms with Crippen LogP contribution in [0, 0.1) is 11.8 Å².